The predicted molar refractivity (Wildman–Crippen MR) is 73.5 cm³/mol. The maximum Gasteiger partial charge on any atom is 0.269 e. The first-order chi connectivity index (χ1) is 9.47. The molecular weight excluding hydrogens is 260 g/mol. The zero-order chi connectivity index (χ0) is 14.7. The number of hydrogen-bond donors (Lipinski definition) is 2. The summed E-state index contributed by atoms with van der Waals surface area (Å²) in [6.07, 6.45) is 2.18. The summed E-state index contributed by atoms with van der Waals surface area (Å²) >= 11 is 0. The Balaban J connectivity index is 1.97. The molecule has 20 heavy (non-hydrogen) atoms. The lowest BCUT2D eigenvalue weighted by Gasteiger charge is -2.12. The standard InChI is InChI=1S/C14H18N2O4/c1-9-6-11(16(19)20)3-5-13(9)14(18)15-8-10-2-4-12(17)7-10/h3,5-6,10,12,17H,2,4,7-8H2,1H3,(H,15,18). The number of amides is 1. The molecule has 1 aromatic carbocycles. The number of non-ortho nitro benzene ring substituents is 1. The fraction of sp³-hybridized carbons (Fsp3) is 0.500. The van der Waals surface area contributed by atoms with E-state index < -0.39 is 4.92 Å². The Labute approximate surface area is 117 Å². The molecule has 0 bridgehead atoms. The largest absolute Gasteiger partial charge is 0.393 e. The topological polar surface area (TPSA) is 92.5 Å². The highest BCUT2D eigenvalue weighted by Crippen LogP contribution is 2.24. The Kier molecular flexibility index (Phi) is 4.34. The van der Waals surface area contributed by atoms with Gasteiger partial charge in [0, 0.05) is 24.2 Å². The molecule has 0 saturated heterocycles. The second kappa shape index (κ2) is 6.00. The van der Waals surface area contributed by atoms with E-state index in [0.29, 0.717) is 23.6 Å². The van der Waals surface area contributed by atoms with Gasteiger partial charge < -0.3 is 10.4 Å². The number of aliphatic hydroxyl groups excluding tert-OH is 1. The van der Waals surface area contributed by atoms with Gasteiger partial charge in [0.05, 0.1) is 11.0 Å². The van der Waals surface area contributed by atoms with E-state index >= 15 is 0 Å². The Morgan fingerprint density at radius 1 is 1.50 bits per heavy atom. The number of nitrogens with one attached hydrogen (secondary N) is 1. The van der Waals surface area contributed by atoms with Crippen LogP contribution in [-0.2, 0) is 0 Å². The van der Waals surface area contributed by atoms with Gasteiger partial charge in [0.1, 0.15) is 0 Å². The number of carbonyl (C=O) groups excluding carboxylic acids is 1. The summed E-state index contributed by atoms with van der Waals surface area (Å²) in [5.74, 6) is 0.0890. The number of hydrogen-bond acceptors (Lipinski definition) is 4. The van der Waals surface area contributed by atoms with Crippen molar-refractivity contribution >= 4 is 11.6 Å². The molecule has 0 aliphatic heterocycles. The molecule has 2 N–H and O–H groups in total. The van der Waals surface area contributed by atoms with Crippen molar-refractivity contribution < 1.29 is 14.8 Å². The number of carbonyl (C=O) groups is 1. The maximum absolute atomic E-state index is 12.0. The summed E-state index contributed by atoms with van der Waals surface area (Å²) in [5.41, 5.74) is 1.02. The second-order valence-corrected chi connectivity index (χ2v) is 5.30. The molecule has 1 saturated carbocycles. The SMILES string of the molecule is Cc1cc([N+](=O)[O-])ccc1C(=O)NCC1CCC(O)C1. The predicted octanol–water partition coefficient (Wildman–Crippen LogP) is 1.79. The molecule has 1 aliphatic carbocycles. The van der Waals surface area contributed by atoms with Crippen LogP contribution in [0.2, 0.25) is 0 Å². The third-order valence-electron chi connectivity index (χ3n) is 3.73. The first-order valence-electron chi connectivity index (χ1n) is 6.68. The fourth-order valence-corrected chi connectivity index (χ4v) is 2.58. The van der Waals surface area contributed by atoms with Crippen LogP contribution >= 0.6 is 0 Å². The quantitative estimate of drug-likeness (QED) is 0.648. The minimum atomic E-state index is -0.478. The molecule has 2 rings (SSSR count). The molecule has 1 aromatic rings. The molecule has 0 heterocycles. The van der Waals surface area contributed by atoms with Crippen molar-refractivity contribution in [1.29, 1.82) is 0 Å². The van der Waals surface area contributed by atoms with Crippen molar-refractivity contribution in [1.82, 2.24) is 5.32 Å². The molecule has 108 valence electrons. The van der Waals surface area contributed by atoms with Crippen LogP contribution in [0.5, 0.6) is 0 Å². The van der Waals surface area contributed by atoms with Gasteiger partial charge >= 0.3 is 0 Å². The van der Waals surface area contributed by atoms with Crippen molar-refractivity contribution in [2.45, 2.75) is 32.3 Å². The van der Waals surface area contributed by atoms with Gasteiger partial charge in [-0.3, -0.25) is 14.9 Å². The van der Waals surface area contributed by atoms with Crippen LogP contribution in [0.25, 0.3) is 0 Å². The first-order valence-corrected chi connectivity index (χ1v) is 6.68. The van der Waals surface area contributed by atoms with Crippen LogP contribution in [-0.4, -0.2) is 28.6 Å². The Morgan fingerprint density at radius 3 is 2.80 bits per heavy atom. The van der Waals surface area contributed by atoms with Gasteiger partial charge in [-0.05, 0) is 43.7 Å². The van der Waals surface area contributed by atoms with E-state index in [1.54, 1.807) is 6.92 Å². The first kappa shape index (κ1) is 14.5. The highest BCUT2D eigenvalue weighted by atomic mass is 16.6. The highest BCUT2D eigenvalue weighted by Gasteiger charge is 2.23. The second-order valence-electron chi connectivity index (χ2n) is 5.30. The molecule has 1 fully saturated rings. The third kappa shape index (κ3) is 3.33. The van der Waals surface area contributed by atoms with Crippen molar-refractivity contribution in [3.63, 3.8) is 0 Å². The van der Waals surface area contributed by atoms with E-state index in [1.165, 1.54) is 18.2 Å². The van der Waals surface area contributed by atoms with Crippen molar-refractivity contribution in [3.8, 4) is 0 Å². The van der Waals surface area contributed by atoms with Crippen molar-refractivity contribution in [2.24, 2.45) is 5.92 Å². The number of aryl methyl sites for hydroxylation is 1. The number of nitrogens with zero attached hydrogens (tertiary/aromatic N) is 1. The monoisotopic (exact) mass is 278 g/mol. The van der Waals surface area contributed by atoms with E-state index in [2.05, 4.69) is 5.32 Å². The summed E-state index contributed by atoms with van der Waals surface area (Å²) < 4.78 is 0. The highest BCUT2D eigenvalue weighted by molar-refractivity contribution is 5.95. The summed E-state index contributed by atoms with van der Waals surface area (Å²) in [7, 11) is 0. The van der Waals surface area contributed by atoms with Gasteiger partial charge in [-0.15, -0.1) is 0 Å². The fourth-order valence-electron chi connectivity index (χ4n) is 2.58. The number of aliphatic hydroxyl groups is 1. The van der Waals surface area contributed by atoms with E-state index in [4.69, 9.17) is 0 Å². The Bertz CT molecular complexity index is 530. The minimum Gasteiger partial charge on any atom is -0.393 e. The number of nitro groups is 1. The number of rotatable bonds is 4. The van der Waals surface area contributed by atoms with Crippen LogP contribution in [0, 0.1) is 23.0 Å². The lowest BCUT2D eigenvalue weighted by atomic mass is 10.1. The maximum atomic E-state index is 12.0. The molecule has 6 heteroatoms. The average Bonchev–Trinajstić information content (AvgIpc) is 2.81. The van der Waals surface area contributed by atoms with Crippen LogP contribution in [0.1, 0.15) is 35.2 Å². The molecule has 0 radical (unpaired) electrons. The van der Waals surface area contributed by atoms with Gasteiger partial charge in [0.25, 0.3) is 11.6 Å². The molecular formula is C14H18N2O4. The van der Waals surface area contributed by atoms with Gasteiger partial charge in [-0.1, -0.05) is 0 Å². The van der Waals surface area contributed by atoms with Crippen molar-refractivity contribution in [2.75, 3.05) is 6.54 Å². The number of benzene rings is 1. The zero-order valence-electron chi connectivity index (χ0n) is 11.3. The van der Waals surface area contributed by atoms with E-state index in [-0.39, 0.29) is 17.7 Å². The van der Waals surface area contributed by atoms with E-state index in [1.807, 2.05) is 0 Å². The minimum absolute atomic E-state index is 0.0158. The normalized spacial score (nSPS) is 21.7. The summed E-state index contributed by atoms with van der Waals surface area (Å²) in [6, 6.07) is 4.21. The van der Waals surface area contributed by atoms with Crippen LogP contribution in [0.3, 0.4) is 0 Å². The Hall–Kier alpha value is -1.95. The number of nitro benzene ring substituents is 1. The lowest BCUT2D eigenvalue weighted by molar-refractivity contribution is -0.384. The average molecular weight is 278 g/mol. The van der Waals surface area contributed by atoms with Gasteiger partial charge in [-0.2, -0.15) is 0 Å². The third-order valence-corrected chi connectivity index (χ3v) is 3.73. The molecule has 6 nitrogen and oxygen atoms in total. The van der Waals surface area contributed by atoms with Crippen molar-refractivity contribution in [3.05, 3.63) is 39.4 Å². The van der Waals surface area contributed by atoms with E-state index in [9.17, 15) is 20.0 Å². The smallest absolute Gasteiger partial charge is 0.269 e. The summed E-state index contributed by atoms with van der Waals surface area (Å²) in [5, 5.41) is 22.9. The van der Waals surface area contributed by atoms with Gasteiger partial charge in [0.15, 0.2) is 0 Å². The molecule has 2 unspecified atom stereocenters. The Morgan fingerprint density at radius 2 is 2.25 bits per heavy atom. The van der Waals surface area contributed by atoms with Crippen LogP contribution in [0.15, 0.2) is 18.2 Å². The molecule has 1 amide bonds. The zero-order valence-corrected chi connectivity index (χ0v) is 11.3. The van der Waals surface area contributed by atoms with E-state index in [0.717, 1.165) is 19.3 Å². The lowest BCUT2D eigenvalue weighted by Crippen LogP contribution is -2.29. The van der Waals surface area contributed by atoms with Gasteiger partial charge in [-0.25, -0.2) is 0 Å². The van der Waals surface area contributed by atoms with Crippen LogP contribution in [0.4, 0.5) is 5.69 Å². The molecule has 1 aliphatic rings. The summed E-state index contributed by atoms with van der Waals surface area (Å²) in [6.45, 7) is 2.22. The molecule has 2 atom stereocenters. The molecule has 0 aromatic heterocycles. The van der Waals surface area contributed by atoms with Crippen LogP contribution < -0.4 is 5.32 Å². The van der Waals surface area contributed by atoms with Gasteiger partial charge in [0.2, 0.25) is 0 Å². The summed E-state index contributed by atoms with van der Waals surface area (Å²) in [4.78, 5) is 22.2. The molecule has 0 spiro atoms.